The van der Waals surface area contributed by atoms with Crippen LogP contribution in [0, 0.1) is 12.8 Å². The summed E-state index contributed by atoms with van der Waals surface area (Å²) in [5, 5.41) is 10.4. The van der Waals surface area contributed by atoms with Crippen molar-refractivity contribution in [1.29, 1.82) is 0 Å². The van der Waals surface area contributed by atoms with Crippen molar-refractivity contribution < 1.29 is 4.79 Å². The van der Waals surface area contributed by atoms with E-state index < -0.39 is 0 Å². The van der Waals surface area contributed by atoms with Crippen molar-refractivity contribution >= 4 is 23.1 Å². The van der Waals surface area contributed by atoms with E-state index in [9.17, 15) is 4.79 Å². The highest BCUT2D eigenvalue weighted by atomic mass is 32.1. The Bertz CT molecular complexity index is 642. The van der Waals surface area contributed by atoms with Gasteiger partial charge in [-0.05, 0) is 32.1 Å². The van der Waals surface area contributed by atoms with Crippen LogP contribution in [0.15, 0.2) is 11.6 Å². The zero-order valence-electron chi connectivity index (χ0n) is 12.4. The lowest BCUT2D eigenvalue weighted by atomic mass is 10.3. The van der Waals surface area contributed by atoms with Crippen molar-refractivity contribution in [2.45, 2.75) is 46.1 Å². The van der Waals surface area contributed by atoms with Crippen LogP contribution in [-0.2, 0) is 24.2 Å². The van der Waals surface area contributed by atoms with Crippen molar-refractivity contribution in [3.05, 3.63) is 27.8 Å². The largest absolute Gasteiger partial charge is 0.310 e. The van der Waals surface area contributed by atoms with Gasteiger partial charge in [-0.25, -0.2) is 9.67 Å². The SMILES string of the molecule is CCc1nc(CC(=O)Nc2c(C)cnn2CC2CC2)cs1. The van der Waals surface area contributed by atoms with Gasteiger partial charge in [0.1, 0.15) is 5.82 Å². The maximum atomic E-state index is 12.2. The second-order valence-electron chi connectivity index (χ2n) is 5.61. The first-order valence-corrected chi connectivity index (χ1v) is 8.29. The van der Waals surface area contributed by atoms with Crippen LogP contribution < -0.4 is 5.32 Å². The van der Waals surface area contributed by atoms with Gasteiger partial charge in [0.25, 0.3) is 0 Å². The molecular formula is C15H20N4OS. The molecule has 0 aliphatic heterocycles. The summed E-state index contributed by atoms with van der Waals surface area (Å²) in [4.78, 5) is 16.6. The summed E-state index contributed by atoms with van der Waals surface area (Å²) in [6.45, 7) is 4.95. The number of amides is 1. The molecule has 6 heteroatoms. The number of aryl methyl sites for hydroxylation is 2. The minimum atomic E-state index is -0.0244. The van der Waals surface area contributed by atoms with Crippen LogP contribution in [0.2, 0.25) is 0 Å². The lowest BCUT2D eigenvalue weighted by Crippen LogP contribution is -2.19. The van der Waals surface area contributed by atoms with Gasteiger partial charge in [0.2, 0.25) is 5.91 Å². The van der Waals surface area contributed by atoms with E-state index in [2.05, 4.69) is 22.3 Å². The Morgan fingerprint density at radius 3 is 3.00 bits per heavy atom. The molecule has 21 heavy (non-hydrogen) atoms. The number of anilines is 1. The molecule has 1 amide bonds. The van der Waals surface area contributed by atoms with Crippen molar-refractivity contribution in [2.75, 3.05) is 5.32 Å². The van der Waals surface area contributed by atoms with Crippen LogP contribution in [0.4, 0.5) is 5.82 Å². The predicted molar refractivity (Wildman–Crippen MR) is 83.5 cm³/mol. The molecule has 1 N–H and O–H groups in total. The molecule has 0 bridgehead atoms. The van der Waals surface area contributed by atoms with Crippen LogP contribution in [0.1, 0.15) is 36.0 Å². The fourth-order valence-corrected chi connectivity index (χ4v) is 3.00. The normalized spacial score (nSPS) is 14.4. The van der Waals surface area contributed by atoms with Gasteiger partial charge in [0.15, 0.2) is 0 Å². The minimum absolute atomic E-state index is 0.0244. The highest BCUT2D eigenvalue weighted by Crippen LogP contribution is 2.31. The number of carbonyl (C=O) groups excluding carboxylic acids is 1. The van der Waals surface area contributed by atoms with Gasteiger partial charge in [0, 0.05) is 17.5 Å². The fraction of sp³-hybridized carbons (Fsp3) is 0.533. The van der Waals surface area contributed by atoms with Crippen LogP contribution in [0.25, 0.3) is 0 Å². The Hall–Kier alpha value is -1.69. The molecule has 1 saturated carbocycles. The van der Waals surface area contributed by atoms with Gasteiger partial charge >= 0.3 is 0 Å². The highest BCUT2D eigenvalue weighted by molar-refractivity contribution is 7.09. The quantitative estimate of drug-likeness (QED) is 0.892. The summed E-state index contributed by atoms with van der Waals surface area (Å²) < 4.78 is 1.92. The zero-order valence-corrected chi connectivity index (χ0v) is 13.2. The number of hydrogen-bond donors (Lipinski definition) is 1. The fourth-order valence-electron chi connectivity index (χ4n) is 2.26. The van der Waals surface area contributed by atoms with Crippen molar-refractivity contribution in [2.24, 2.45) is 5.92 Å². The third-order valence-corrected chi connectivity index (χ3v) is 4.69. The molecule has 2 aromatic rings. The first-order chi connectivity index (χ1) is 10.2. The van der Waals surface area contributed by atoms with E-state index in [0.29, 0.717) is 6.42 Å². The van der Waals surface area contributed by atoms with Crippen molar-refractivity contribution in [3.8, 4) is 0 Å². The number of nitrogens with one attached hydrogen (secondary N) is 1. The number of carbonyl (C=O) groups is 1. The molecule has 112 valence electrons. The van der Waals surface area contributed by atoms with Crippen LogP contribution >= 0.6 is 11.3 Å². The number of rotatable bonds is 6. The van der Waals surface area contributed by atoms with Gasteiger partial charge in [-0.1, -0.05) is 6.92 Å². The molecule has 0 aromatic carbocycles. The van der Waals surface area contributed by atoms with E-state index >= 15 is 0 Å². The molecule has 2 heterocycles. The Morgan fingerprint density at radius 2 is 2.33 bits per heavy atom. The Labute approximate surface area is 128 Å². The molecule has 1 aliphatic carbocycles. The summed E-state index contributed by atoms with van der Waals surface area (Å²) in [6, 6.07) is 0. The molecule has 0 spiro atoms. The standard InChI is InChI=1S/C15H20N4OS/c1-3-14-17-12(9-21-14)6-13(20)18-15-10(2)7-16-19(15)8-11-4-5-11/h7,9,11H,3-6,8H2,1-2H3,(H,18,20). The van der Waals surface area contributed by atoms with Crippen LogP contribution in [0.3, 0.4) is 0 Å². The Kier molecular flexibility index (Phi) is 4.05. The molecule has 0 saturated heterocycles. The molecule has 2 aromatic heterocycles. The number of aromatic nitrogens is 3. The topological polar surface area (TPSA) is 59.8 Å². The van der Waals surface area contributed by atoms with E-state index in [4.69, 9.17) is 0 Å². The predicted octanol–water partition coefficient (Wildman–Crippen LogP) is 2.80. The summed E-state index contributed by atoms with van der Waals surface area (Å²) >= 11 is 1.61. The van der Waals surface area contributed by atoms with Crippen LogP contribution in [-0.4, -0.2) is 20.7 Å². The summed E-state index contributed by atoms with van der Waals surface area (Å²) in [5.74, 6) is 1.53. The van der Waals surface area contributed by atoms with E-state index in [0.717, 1.165) is 41.0 Å². The summed E-state index contributed by atoms with van der Waals surface area (Å²) in [6.07, 6.45) is 5.59. The maximum absolute atomic E-state index is 12.2. The van der Waals surface area contributed by atoms with E-state index in [1.165, 1.54) is 12.8 Å². The Morgan fingerprint density at radius 1 is 1.52 bits per heavy atom. The van der Waals surface area contributed by atoms with E-state index in [-0.39, 0.29) is 5.91 Å². The summed E-state index contributed by atoms with van der Waals surface area (Å²) in [7, 11) is 0. The van der Waals surface area contributed by atoms with Gasteiger partial charge in [-0.15, -0.1) is 11.3 Å². The average Bonchev–Trinajstić information content (AvgIpc) is 3.07. The first kappa shape index (κ1) is 14.3. The zero-order chi connectivity index (χ0) is 14.8. The average molecular weight is 304 g/mol. The minimum Gasteiger partial charge on any atom is -0.310 e. The number of hydrogen-bond acceptors (Lipinski definition) is 4. The van der Waals surface area contributed by atoms with Gasteiger partial charge in [0.05, 0.1) is 23.3 Å². The molecular weight excluding hydrogens is 284 g/mol. The van der Waals surface area contributed by atoms with Crippen molar-refractivity contribution in [3.63, 3.8) is 0 Å². The van der Waals surface area contributed by atoms with Gasteiger partial charge < -0.3 is 5.32 Å². The van der Waals surface area contributed by atoms with E-state index in [1.807, 2.05) is 23.2 Å². The molecule has 1 aliphatic rings. The first-order valence-electron chi connectivity index (χ1n) is 7.41. The number of nitrogens with zero attached hydrogens (tertiary/aromatic N) is 3. The molecule has 0 atom stereocenters. The Balaban J connectivity index is 1.65. The lowest BCUT2D eigenvalue weighted by Gasteiger charge is -2.09. The van der Waals surface area contributed by atoms with Gasteiger partial charge in [-0.3, -0.25) is 4.79 Å². The van der Waals surface area contributed by atoms with Crippen LogP contribution in [0.5, 0.6) is 0 Å². The van der Waals surface area contributed by atoms with Crippen molar-refractivity contribution in [1.82, 2.24) is 14.8 Å². The molecule has 0 radical (unpaired) electrons. The summed E-state index contributed by atoms with van der Waals surface area (Å²) in [5.41, 5.74) is 1.86. The molecule has 1 fully saturated rings. The highest BCUT2D eigenvalue weighted by Gasteiger charge is 2.24. The van der Waals surface area contributed by atoms with E-state index in [1.54, 1.807) is 11.3 Å². The molecule has 5 nitrogen and oxygen atoms in total. The third kappa shape index (κ3) is 3.50. The smallest absolute Gasteiger partial charge is 0.231 e. The molecule has 0 unspecified atom stereocenters. The van der Waals surface area contributed by atoms with Gasteiger partial charge in [-0.2, -0.15) is 5.10 Å². The number of thiazole rings is 1. The second kappa shape index (κ2) is 5.97. The third-order valence-electron chi connectivity index (χ3n) is 3.65. The maximum Gasteiger partial charge on any atom is 0.231 e. The lowest BCUT2D eigenvalue weighted by molar-refractivity contribution is -0.115. The molecule has 3 rings (SSSR count). The monoisotopic (exact) mass is 304 g/mol. The second-order valence-corrected chi connectivity index (χ2v) is 6.56.